The molecule has 0 aliphatic heterocycles. The number of likely N-dealkylation sites (N-methyl/N-ethyl adjacent to an activating group) is 1. The number of oxazole rings is 1. The SMILES string of the molecule is CC[C@H](C)C(=O)Nc1ccc2oc(=O)n(CCN(C)C)c2c1. The van der Waals surface area contributed by atoms with Crippen LogP contribution in [0.2, 0.25) is 0 Å². The van der Waals surface area contributed by atoms with Gasteiger partial charge >= 0.3 is 5.76 Å². The van der Waals surface area contributed by atoms with Gasteiger partial charge in [0.1, 0.15) is 0 Å². The van der Waals surface area contributed by atoms with Crippen LogP contribution >= 0.6 is 0 Å². The Bertz CT molecular complexity index is 715. The zero-order valence-electron chi connectivity index (χ0n) is 13.5. The van der Waals surface area contributed by atoms with Gasteiger partial charge in [0.05, 0.1) is 5.52 Å². The first-order valence-electron chi connectivity index (χ1n) is 7.51. The van der Waals surface area contributed by atoms with Gasteiger partial charge in [0.2, 0.25) is 5.91 Å². The Morgan fingerprint density at radius 2 is 2.14 bits per heavy atom. The highest BCUT2D eigenvalue weighted by Crippen LogP contribution is 2.19. The van der Waals surface area contributed by atoms with Gasteiger partial charge in [-0.05, 0) is 38.7 Å². The zero-order valence-corrected chi connectivity index (χ0v) is 13.5. The summed E-state index contributed by atoms with van der Waals surface area (Å²) in [6.07, 6.45) is 0.785. The van der Waals surface area contributed by atoms with Gasteiger partial charge in [0.25, 0.3) is 0 Å². The van der Waals surface area contributed by atoms with E-state index in [0.717, 1.165) is 13.0 Å². The molecule has 0 saturated heterocycles. The second kappa shape index (κ2) is 6.79. The normalized spacial score (nSPS) is 12.8. The van der Waals surface area contributed by atoms with E-state index < -0.39 is 0 Å². The Hall–Kier alpha value is -2.08. The van der Waals surface area contributed by atoms with E-state index in [1.165, 1.54) is 0 Å². The van der Waals surface area contributed by atoms with Gasteiger partial charge in [0.15, 0.2) is 5.58 Å². The van der Waals surface area contributed by atoms with Crippen molar-refractivity contribution >= 4 is 22.7 Å². The van der Waals surface area contributed by atoms with E-state index in [0.29, 0.717) is 23.3 Å². The zero-order chi connectivity index (χ0) is 16.3. The fourth-order valence-electron chi connectivity index (χ4n) is 2.10. The molecule has 1 N–H and O–H groups in total. The molecule has 120 valence electrons. The van der Waals surface area contributed by atoms with Gasteiger partial charge in [-0.15, -0.1) is 0 Å². The summed E-state index contributed by atoms with van der Waals surface area (Å²) < 4.78 is 6.83. The van der Waals surface area contributed by atoms with Gasteiger partial charge in [-0.25, -0.2) is 4.79 Å². The number of hydrogen-bond acceptors (Lipinski definition) is 4. The Kier molecular flexibility index (Phi) is 5.03. The predicted octanol–water partition coefficient (Wildman–Crippen LogP) is 2.14. The minimum absolute atomic E-state index is 0.0208. The van der Waals surface area contributed by atoms with Crippen LogP contribution in [0.3, 0.4) is 0 Å². The first-order valence-corrected chi connectivity index (χ1v) is 7.51. The molecular formula is C16H23N3O3. The molecule has 0 fully saturated rings. The van der Waals surface area contributed by atoms with Crippen molar-refractivity contribution in [1.82, 2.24) is 9.47 Å². The van der Waals surface area contributed by atoms with E-state index in [1.807, 2.05) is 32.8 Å². The van der Waals surface area contributed by atoms with Crippen LogP contribution in [-0.4, -0.2) is 36.0 Å². The van der Waals surface area contributed by atoms with Gasteiger partial charge in [-0.2, -0.15) is 0 Å². The van der Waals surface area contributed by atoms with E-state index in [-0.39, 0.29) is 17.6 Å². The monoisotopic (exact) mass is 305 g/mol. The number of rotatable bonds is 6. The van der Waals surface area contributed by atoms with Crippen LogP contribution in [0.1, 0.15) is 20.3 Å². The van der Waals surface area contributed by atoms with Crippen LogP contribution in [0.5, 0.6) is 0 Å². The molecular weight excluding hydrogens is 282 g/mol. The van der Waals surface area contributed by atoms with Crippen LogP contribution in [0.25, 0.3) is 11.1 Å². The summed E-state index contributed by atoms with van der Waals surface area (Å²) in [6, 6.07) is 5.26. The number of carbonyl (C=O) groups is 1. The Morgan fingerprint density at radius 1 is 1.41 bits per heavy atom. The highest BCUT2D eigenvalue weighted by molar-refractivity contribution is 5.94. The summed E-state index contributed by atoms with van der Waals surface area (Å²) in [5.74, 6) is -0.439. The molecule has 6 heteroatoms. The maximum absolute atomic E-state index is 12.0. The largest absolute Gasteiger partial charge is 0.419 e. The summed E-state index contributed by atoms with van der Waals surface area (Å²) in [5, 5.41) is 2.88. The van der Waals surface area contributed by atoms with Crippen molar-refractivity contribution in [2.45, 2.75) is 26.8 Å². The second-order valence-electron chi connectivity index (χ2n) is 5.80. The van der Waals surface area contributed by atoms with E-state index in [1.54, 1.807) is 22.8 Å². The standard InChI is InChI=1S/C16H23N3O3/c1-5-11(2)15(20)17-12-6-7-14-13(10-12)19(16(21)22-14)9-8-18(3)4/h6-7,10-11H,5,8-9H2,1-4H3,(H,17,20)/t11-/m0/s1. The Labute approximate surface area is 129 Å². The molecule has 2 rings (SSSR count). The average molecular weight is 305 g/mol. The molecule has 0 spiro atoms. The second-order valence-corrected chi connectivity index (χ2v) is 5.80. The van der Waals surface area contributed by atoms with Crippen LogP contribution in [0.4, 0.5) is 5.69 Å². The quantitative estimate of drug-likeness (QED) is 0.888. The fraction of sp³-hybridized carbons (Fsp3) is 0.500. The summed E-state index contributed by atoms with van der Waals surface area (Å²) in [4.78, 5) is 25.9. The molecule has 2 aromatic rings. The number of benzene rings is 1. The minimum atomic E-state index is -0.373. The molecule has 1 aromatic heterocycles. The van der Waals surface area contributed by atoms with Crippen molar-refractivity contribution in [2.24, 2.45) is 5.92 Å². The maximum Gasteiger partial charge on any atom is 0.419 e. The van der Waals surface area contributed by atoms with Crippen molar-refractivity contribution in [2.75, 3.05) is 26.0 Å². The molecule has 22 heavy (non-hydrogen) atoms. The molecule has 1 heterocycles. The maximum atomic E-state index is 12.0. The number of nitrogens with zero attached hydrogens (tertiary/aromatic N) is 2. The first-order chi connectivity index (χ1) is 10.4. The number of aromatic nitrogens is 1. The lowest BCUT2D eigenvalue weighted by molar-refractivity contribution is -0.119. The van der Waals surface area contributed by atoms with Gasteiger partial charge in [0, 0.05) is 24.7 Å². The summed E-state index contributed by atoms with van der Waals surface area (Å²) in [6.45, 7) is 5.14. The smallest absolute Gasteiger partial charge is 0.408 e. The van der Waals surface area contributed by atoms with Crippen LogP contribution in [0, 0.1) is 5.92 Å². The van der Waals surface area contributed by atoms with Crippen LogP contribution < -0.4 is 11.1 Å². The predicted molar refractivity (Wildman–Crippen MR) is 87.1 cm³/mol. The molecule has 0 unspecified atom stereocenters. The van der Waals surface area contributed by atoms with Gasteiger partial charge < -0.3 is 14.6 Å². The molecule has 1 atom stereocenters. The van der Waals surface area contributed by atoms with E-state index >= 15 is 0 Å². The third kappa shape index (κ3) is 3.57. The lowest BCUT2D eigenvalue weighted by atomic mass is 10.1. The van der Waals surface area contributed by atoms with Crippen molar-refractivity contribution < 1.29 is 9.21 Å². The summed E-state index contributed by atoms with van der Waals surface area (Å²) in [5.41, 5.74) is 1.91. The molecule has 1 amide bonds. The first kappa shape index (κ1) is 16.3. The molecule has 0 bridgehead atoms. The number of nitrogens with one attached hydrogen (secondary N) is 1. The lowest BCUT2D eigenvalue weighted by Gasteiger charge is -2.11. The lowest BCUT2D eigenvalue weighted by Crippen LogP contribution is -2.23. The third-order valence-corrected chi connectivity index (χ3v) is 3.77. The van der Waals surface area contributed by atoms with Crippen molar-refractivity contribution in [3.8, 4) is 0 Å². The Morgan fingerprint density at radius 3 is 2.77 bits per heavy atom. The highest BCUT2D eigenvalue weighted by Gasteiger charge is 2.13. The third-order valence-electron chi connectivity index (χ3n) is 3.77. The van der Waals surface area contributed by atoms with Gasteiger partial charge in [-0.3, -0.25) is 9.36 Å². The van der Waals surface area contributed by atoms with Crippen LogP contribution in [-0.2, 0) is 11.3 Å². The molecule has 0 aliphatic rings. The van der Waals surface area contributed by atoms with Crippen molar-refractivity contribution in [1.29, 1.82) is 0 Å². The fourth-order valence-corrected chi connectivity index (χ4v) is 2.10. The molecule has 0 aliphatic carbocycles. The number of amides is 1. The van der Waals surface area contributed by atoms with E-state index in [2.05, 4.69) is 5.32 Å². The molecule has 1 aromatic carbocycles. The highest BCUT2D eigenvalue weighted by atomic mass is 16.4. The number of carbonyl (C=O) groups excluding carboxylic acids is 1. The average Bonchev–Trinajstić information content (AvgIpc) is 2.79. The minimum Gasteiger partial charge on any atom is -0.408 e. The number of fused-ring (bicyclic) bond motifs is 1. The topological polar surface area (TPSA) is 67.5 Å². The number of hydrogen-bond donors (Lipinski definition) is 1. The van der Waals surface area contributed by atoms with E-state index in [9.17, 15) is 9.59 Å². The Balaban J connectivity index is 2.30. The molecule has 0 saturated carbocycles. The van der Waals surface area contributed by atoms with Crippen LogP contribution in [0.15, 0.2) is 27.4 Å². The number of anilines is 1. The van der Waals surface area contributed by atoms with Crippen molar-refractivity contribution in [3.63, 3.8) is 0 Å². The summed E-state index contributed by atoms with van der Waals surface area (Å²) in [7, 11) is 3.90. The van der Waals surface area contributed by atoms with E-state index in [4.69, 9.17) is 4.42 Å². The van der Waals surface area contributed by atoms with Gasteiger partial charge in [-0.1, -0.05) is 13.8 Å². The molecule has 0 radical (unpaired) electrons. The molecule has 6 nitrogen and oxygen atoms in total. The summed E-state index contributed by atoms with van der Waals surface area (Å²) >= 11 is 0. The van der Waals surface area contributed by atoms with Crippen molar-refractivity contribution in [3.05, 3.63) is 28.7 Å².